The Labute approximate surface area is 117 Å². The van der Waals surface area contributed by atoms with Crippen molar-refractivity contribution in [1.29, 1.82) is 0 Å². The van der Waals surface area contributed by atoms with E-state index >= 15 is 0 Å². The fraction of sp³-hybridized carbons (Fsp3) is 0.333. The molecule has 0 aromatic heterocycles. The van der Waals surface area contributed by atoms with Crippen LogP contribution in [0.15, 0.2) is 34.2 Å². The Balaban J connectivity index is 1.77. The predicted molar refractivity (Wildman–Crippen MR) is 80.0 cm³/mol. The van der Waals surface area contributed by atoms with Crippen LogP contribution in [0.25, 0.3) is 6.08 Å². The summed E-state index contributed by atoms with van der Waals surface area (Å²) in [4.78, 5) is 19.0. The van der Waals surface area contributed by atoms with Crippen LogP contribution in [0.5, 0.6) is 0 Å². The molecule has 0 aliphatic carbocycles. The number of amides is 1. The topological polar surface area (TPSA) is 32.7 Å². The van der Waals surface area contributed by atoms with Crippen LogP contribution in [-0.4, -0.2) is 29.1 Å². The van der Waals surface area contributed by atoms with E-state index in [0.717, 1.165) is 28.7 Å². The molecule has 0 N–H and O–H groups in total. The lowest BCUT2D eigenvalue weighted by atomic mass is 10.1. The Kier molecular flexibility index (Phi) is 3.42. The number of rotatable bonds is 1. The number of hydrogen-bond acceptors (Lipinski definition) is 3. The molecule has 19 heavy (non-hydrogen) atoms. The van der Waals surface area contributed by atoms with Crippen molar-refractivity contribution in [3.8, 4) is 0 Å². The standard InChI is InChI=1S/C15H16N2OS/c1-11-4-6-12(7-5-11)10-13-14(18)16-15(19-13)17-8-2-3-9-17/h4-7,10H,2-3,8-9H2,1H3/b13-10+. The Hall–Kier alpha value is -1.55. The van der Waals surface area contributed by atoms with Crippen molar-refractivity contribution in [2.75, 3.05) is 13.1 Å². The molecule has 0 unspecified atom stereocenters. The minimum atomic E-state index is -0.104. The van der Waals surface area contributed by atoms with Gasteiger partial charge in [-0.2, -0.15) is 4.99 Å². The third kappa shape index (κ3) is 2.73. The second-order valence-electron chi connectivity index (χ2n) is 4.92. The summed E-state index contributed by atoms with van der Waals surface area (Å²) in [5.41, 5.74) is 2.28. The molecule has 0 spiro atoms. The van der Waals surface area contributed by atoms with E-state index in [0.29, 0.717) is 0 Å². The normalized spacial score (nSPS) is 21.3. The molecular weight excluding hydrogens is 256 g/mol. The van der Waals surface area contributed by atoms with Crippen molar-refractivity contribution in [3.05, 3.63) is 40.3 Å². The third-order valence-corrected chi connectivity index (χ3v) is 4.41. The average Bonchev–Trinajstić information content (AvgIpc) is 3.03. The van der Waals surface area contributed by atoms with Gasteiger partial charge in [0.2, 0.25) is 0 Å². The van der Waals surface area contributed by atoms with Gasteiger partial charge in [-0.05, 0) is 43.2 Å². The molecule has 2 aliphatic heterocycles. The molecule has 3 rings (SSSR count). The zero-order valence-electron chi connectivity index (χ0n) is 10.9. The van der Waals surface area contributed by atoms with Crippen molar-refractivity contribution >= 4 is 28.9 Å². The average molecular weight is 272 g/mol. The zero-order valence-corrected chi connectivity index (χ0v) is 11.7. The Morgan fingerprint density at radius 2 is 1.89 bits per heavy atom. The number of aryl methyl sites for hydroxylation is 1. The van der Waals surface area contributed by atoms with Crippen molar-refractivity contribution in [2.24, 2.45) is 4.99 Å². The minimum Gasteiger partial charge on any atom is -0.351 e. The molecule has 98 valence electrons. The first-order chi connectivity index (χ1) is 9.22. The quantitative estimate of drug-likeness (QED) is 0.737. The number of hydrogen-bond donors (Lipinski definition) is 0. The first-order valence-corrected chi connectivity index (χ1v) is 7.38. The molecule has 2 aliphatic rings. The number of aliphatic imine (C=N–C) groups is 1. The monoisotopic (exact) mass is 272 g/mol. The van der Waals surface area contributed by atoms with Crippen LogP contribution >= 0.6 is 11.8 Å². The van der Waals surface area contributed by atoms with E-state index in [4.69, 9.17) is 0 Å². The predicted octanol–water partition coefficient (Wildman–Crippen LogP) is 3.06. The van der Waals surface area contributed by atoms with E-state index in [1.165, 1.54) is 30.2 Å². The first-order valence-electron chi connectivity index (χ1n) is 6.56. The van der Waals surface area contributed by atoms with E-state index < -0.39 is 0 Å². The fourth-order valence-electron chi connectivity index (χ4n) is 2.26. The summed E-state index contributed by atoms with van der Waals surface area (Å²) in [6, 6.07) is 8.17. The molecule has 1 aromatic carbocycles. The summed E-state index contributed by atoms with van der Waals surface area (Å²) in [7, 11) is 0. The summed E-state index contributed by atoms with van der Waals surface area (Å²) < 4.78 is 0. The van der Waals surface area contributed by atoms with E-state index in [1.54, 1.807) is 0 Å². The largest absolute Gasteiger partial charge is 0.351 e. The van der Waals surface area contributed by atoms with E-state index in [9.17, 15) is 4.79 Å². The van der Waals surface area contributed by atoms with Gasteiger partial charge in [0.05, 0.1) is 4.91 Å². The third-order valence-electron chi connectivity index (χ3n) is 3.36. The van der Waals surface area contributed by atoms with Gasteiger partial charge >= 0.3 is 0 Å². The van der Waals surface area contributed by atoms with E-state index in [2.05, 4.69) is 28.9 Å². The second-order valence-corrected chi connectivity index (χ2v) is 5.92. The smallest absolute Gasteiger partial charge is 0.286 e. The minimum absolute atomic E-state index is 0.104. The van der Waals surface area contributed by atoms with Crippen molar-refractivity contribution < 1.29 is 4.79 Å². The summed E-state index contributed by atoms with van der Waals surface area (Å²) >= 11 is 1.50. The lowest BCUT2D eigenvalue weighted by molar-refractivity contribution is -0.113. The van der Waals surface area contributed by atoms with Crippen molar-refractivity contribution in [2.45, 2.75) is 19.8 Å². The number of benzene rings is 1. The van der Waals surface area contributed by atoms with Crippen LogP contribution in [-0.2, 0) is 4.79 Å². The molecule has 0 saturated carbocycles. The van der Waals surface area contributed by atoms with Gasteiger partial charge in [-0.3, -0.25) is 4.79 Å². The molecule has 0 radical (unpaired) electrons. The van der Waals surface area contributed by atoms with Crippen LogP contribution in [0.2, 0.25) is 0 Å². The molecule has 3 nitrogen and oxygen atoms in total. The zero-order chi connectivity index (χ0) is 13.2. The number of thioether (sulfide) groups is 1. The van der Waals surface area contributed by atoms with E-state index in [-0.39, 0.29) is 5.91 Å². The number of carbonyl (C=O) groups excluding carboxylic acids is 1. The molecule has 1 aromatic rings. The Morgan fingerprint density at radius 1 is 1.21 bits per heavy atom. The van der Waals surface area contributed by atoms with Crippen molar-refractivity contribution in [3.63, 3.8) is 0 Å². The highest BCUT2D eigenvalue weighted by atomic mass is 32.2. The highest BCUT2D eigenvalue weighted by Crippen LogP contribution is 2.31. The molecule has 0 bridgehead atoms. The molecule has 4 heteroatoms. The molecular formula is C15H16N2OS. The Bertz CT molecular complexity index is 554. The highest BCUT2D eigenvalue weighted by molar-refractivity contribution is 8.18. The summed E-state index contributed by atoms with van der Waals surface area (Å²) in [6.07, 6.45) is 4.33. The fourth-order valence-corrected chi connectivity index (χ4v) is 3.22. The number of nitrogens with zero attached hydrogens (tertiary/aromatic N) is 2. The molecule has 1 amide bonds. The summed E-state index contributed by atoms with van der Waals surface area (Å²) in [5.74, 6) is -0.104. The number of carbonyl (C=O) groups is 1. The van der Waals surface area contributed by atoms with Crippen LogP contribution < -0.4 is 0 Å². The molecule has 1 fully saturated rings. The van der Waals surface area contributed by atoms with Crippen LogP contribution in [0.4, 0.5) is 0 Å². The maximum Gasteiger partial charge on any atom is 0.286 e. The molecule has 1 saturated heterocycles. The van der Waals surface area contributed by atoms with Crippen LogP contribution in [0.3, 0.4) is 0 Å². The van der Waals surface area contributed by atoms with Gasteiger partial charge in [0, 0.05) is 13.1 Å². The number of likely N-dealkylation sites (tertiary alicyclic amines) is 1. The maximum absolute atomic E-state index is 11.9. The summed E-state index contributed by atoms with van der Waals surface area (Å²) in [5, 5.41) is 0.876. The van der Waals surface area contributed by atoms with Gasteiger partial charge in [0.1, 0.15) is 0 Å². The maximum atomic E-state index is 11.9. The molecule has 0 atom stereocenters. The Morgan fingerprint density at radius 3 is 2.58 bits per heavy atom. The second kappa shape index (κ2) is 5.21. The van der Waals surface area contributed by atoms with Crippen molar-refractivity contribution in [1.82, 2.24) is 4.90 Å². The highest BCUT2D eigenvalue weighted by Gasteiger charge is 2.27. The lowest BCUT2D eigenvalue weighted by Crippen LogP contribution is -2.23. The van der Waals surface area contributed by atoms with E-state index in [1.807, 2.05) is 18.2 Å². The van der Waals surface area contributed by atoms with Gasteiger partial charge in [-0.1, -0.05) is 29.8 Å². The SMILES string of the molecule is Cc1ccc(/C=C2/SC(N3CCCC3)=NC2=O)cc1. The molecule has 2 heterocycles. The van der Waals surface area contributed by atoms with Gasteiger partial charge < -0.3 is 4.90 Å². The van der Waals surface area contributed by atoms with Gasteiger partial charge in [-0.15, -0.1) is 0 Å². The lowest BCUT2D eigenvalue weighted by Gasteiger charge is -2.14. The van der Waals surface area contributed by atoms with Gasteiger partial charge in [-0.25, -0.2) is 0 Å². The van der Waals surface area contributed by atoms with Gasteiger partial charge in [0.25, 0.3) is 5.91 Å². The van der Waals surface area contributed by atoms with Crippen LogP contribution in [0.1, 0.15) is 24.0 Å². The first kappa shape index (κ1) is 12.5. The van der Waals surface area contributed by atoms with Gasteiger partial charge in [0.15, 0.2) is 5.17 Å². The van der Waals surface area contributed by atoms with Crippen LogP contribution in [0, 0.1) is 6.92 Å². The summed E-state index contributed by atoms with van der Waals surface area (Å²) in [6.45, 7) is 4.11. The number of amidine groups is 1.